The molecule has 0 aliphatic rings. The fourth-order valence-electron chi connectivity index (χ4n) is 2.05. The molecule has 0 aromatic heterocycles. The zero-order chi connectivity index (χ0) is 20.4. The van der Waals surface area contributed by atoms with E-state index in [2.05, 4.69) is 5.32 Å². The lowest BCUT2D eigenvalue weighted by Crippen LogP contribution is -2.50. The van der Waals surface area contributed by atoms with Crippen molar-refractivity contribution in [2.24, 2.45) is 5.92 Å². The van der Waals surface area contributed by atoms with Gasteiger partial charge in [-0.3, -0.25) is 15.5 Å². The summed E-state index contributed by atoms with van der Waals surface area (Å²) >= 11 is 0. The van der Waals surface area contributed by atoms with Gasteiger partial charge in [0.15, 0.2) is 0 Å². The average molecular weight is 379 g/mol. The highest BCUT2D eigenvalue weighted by atomic mass is 16.6. The molecule has 0 saturated carbocycles. The molecule has 0 fully saturated rings. The summed E-state index contributed by atoms with van der Waals surface area (Å²) in [4.78, 5) is 35.6. The third-order valence-electron chi connectivity index (χ3n) is 3.63. The van der Waals surface area contributed by atoms with Gasteiger partial charge in [-0.15, -0.1) is 0 Å². The van der Waals surface area contributed by atoms with Gasteiger partial charge in [0.1, 0.15) is 19.3 Å². The molecule has 27 heavy (non-hydrogen) atoms. The molecule has 0 radical (unpaired) electrons. The SMILES string of the molecule is CC(C)C(=O)OCCOC(=O)NC(=N)N(C)C(Cc1ccccc1)C(=O)O. The van der Waals surface area contributed by atoms with Gasteiger partial charge < -0.3 is 19.5 Å². The van der Waals surface area contributed by atoms with E-state index in [1.165, 1.54) is 7.05 Å². The van der Waals surface area contributed by atoms with Gasteiger partial charge in [0, 0.05) is 13.5 Å². The van der Waals surface area contributed by atoms with Crippen molar-refractivity contribution in [3.05, 3.63) is 35.9 Å². The van der Waals surface area contributed by atoms with E-state index in [-0.39, 0.29) is 25.6 Å². The summed E-state index contributed by atoms with van der Waals surface area (Å²) < 4.78 is 9.67. The molecule has 1 aromatic rings. The van der Waals surface area contributed by atoms with Gasteiger partial charge in [0.2, 0.25) is 5.96 Å². The first-order valence-corrected chi connectivity index (χ1v) is 8.41. The van der Waals surface area contributed by atoms with Gasteiger partial charge >= 0.3 is 18.0 Å². The average Bonchev–Trinajstić information content (AvgIpc) is 2.62. The van der Waals surface area contributed by atoms with E-state index in [1.54, 1.807) is 38.1 Å². The standard InChI is InChI=1S/C18H25N3O6/c1-12(2)16(24)26-9-10-27-18(25)20-17(19)21(3)14(15(22)23)11-13-7-5-4-6-8-13/h4-8,12,14H,9-11H2,1-3H3,(H,22,23)(H2,19,20,25). The number of guanidine groups is 1. The largest absolute Gasteiger partial charge is 0.480 e. The summed E-state index contributed by atoms with van der Waals surface area (Å²) in [6.07, 6.45) is -0.770. The Labute approximate surface area is 157 Å². The summed E-state index contributed by atoms with van der Waals surface area (Å²) in [5.74, 6) is -2.22. The van der Waals surface area contributed by atoms with Crippen LogP contribution < -0.4 is 5.32 Å². The Balaban J connectivity index is 2.49. The highest BCUT2D eigenvalue weighted by Crippen LogP contribution is 2.08. The lowest BCUT2D eigenvalue weighted by atomic mass is 10.1. The lowest BCUT2D eigenvalue weighted by Gasteiger charge is -2.26. The Bertz CT molecular complexity index is 662. The van der Waals surface area contributed by atoms with Crippen molar-refractivity contribution >= 4 is 24.0 Å². The minimum absolute atomic E-state index is 0.0979. The van der Waals surface area contributed by atoms with Crippen molar-refractivity contribution in [1.82, 2.24) is 10.2 Å². The maximum atomic E-state index is 11.7. The zero-order valence-corrected chi connectivity index (χ0v) is 15.6. The van der Waals surface area contributed by atoms with Crippen molar-refractivity contribution in [3.63, 3.8) is 0 Å². The maximum Gasteiger partial charge on any atom is 0.414 e. The number of amides is 1. The van der Waals surface area contributed by atoms with Gasteiger partial charge in [-0.1, -0.05) is 44.2 Å². The van der Waals surface area contributed by atoms with Gasteiger partial charge in [-0.2, -0.15) is 0 Å². The van der Waals surface area contributed by atoms with Crippen LogP contribution in [0.25, 0.3) is 0 Å². The number of nitrogens with one attached hydrogen (secondary N) is 2. The van der Waals surface area contributed by atoms with Crippen LogP contribution in [0, 0.1) is 11.3 Å². The lowest BCUT2D eigenvalue weighted by molar-refractivity contribution is -0.148. The third-order valence-corrected chi connectivity index (χ3v) is 3.63. The van der Waals surface area contributed by atoms with Crippen LogP contribution in [0.5, 0.6) is 0 Å². The van der Waals surface area contributed by atoms with E-state index < -0.39 is 30.0 Å². The molecule has 1 amide bonds. The van der Waals surface area contributed by atoms with Crippen LogP contribution in [0.3, 0.4) is 0 Å². The van der Waals surface area contributed by atoms with Crippen LogP contribution in [-0.4, -0.2) is 60.3 Å². The third kappa shape index (κ3) is 7.76. The zero-order valence-electron chi connectivity index (χ0n) is 15.6. The topological polar surface area (TPSA) is 129 Å². The number of carboxylic acids is 1. The van der Waals surface area contributed by atoms with Crippen LogP contribution in [0.1, 0.15) is 19.4 Å². The molecule has 0 spiro atoms. The first-order valence-electron chi connectivity index (χ1n) is 8.41. The molecule has 0 aliphatic carbocycles. The van der Waals surface area contributed by atoms with Crippen LogP contribution in [-0.2, 0) is 25.5 Å². The van der Waals surface area contributed by atoms with Crippen molar-refractivity contribution in [3.8, 4) is 0 Å². The molecule has 0 heterocycles. The predicted octanol–water partition coefficient (Wildman–Crippen LogP) is 1.47. The highest BCUT2D eigenvalue weighted by molar-refractivity contribution is 5.94. The van der Waals surface area contributed by atoms with Crippen LogP contribution in [0.15, 0.2) is 30.3 Å². The number of benzene rings is 1. The maximum absolute atomic E-state index is 11.7. The van der Waals surface area contributed by atoms with Crippen molar-refractivity contribution in [2.75, 3.05) is 20.3 Å². The van der Waals surface area contributed by atoms with E-state index in [4.69, 9.17) is 14.9 Å². The number of esters is 1. The number of ether oxygens (including phenoxy) is 2. The van der Waals surface area contributed by atoms with Crippen LogP contribution in [0.2, 0.25) is 0 Å². The molecule has 148 valence electrons. The Morgan fingerprint density at radius 1 is 1.15 bits per heavy atom. The molecule has 9 heteroatoms. The molecule has 0 bridgehead atoms. The number of hydrogen-bond donors (Lipinski definition) is 3. The van der Waals surface area contributed by atoms with Gasteiger partial charge in [-0.25, -0.2) is 9.59 Å². The van der Waals surface area contributed by atoms with Gasteiger partial charge in [0.05, 0.1) is 5.92 Å². The number of rotatable bonds is 8. The summed E-state index contributed by atoms with van der Waals surface area (Å²) in [5.41, 5.74) is 0.791. The quantitative estimate of drug-likeness (QED) is 0.270. The normalized spacial score (nSPS) is 11.4. The molecule has 1 unspecified atom stereocenters. The summed E-state index contributed by atoms with van der Waals surface area (Å²) in [5, 5.41) is 19.5. The summed E-state index contributed by atoms with van der Waals surface area (Å²) in [6.45, 7) is 3.09. The Morgan fingerprint density at radius 3 is 2.30 bits per heavy atom. The number of carbonyl (C=O) groups is 3. The number of hydrogen-bond acceptors (Lipinski definition) is 6. The van der Waals surface area contributed by atoms with Crippen LogP contribution in [0.4, 0.5) is 4.79 Å². The Kier molecular flexibility index (Phi) is 8.77. The van der Waals surface area contributed by atoms with Crippen molar-refractivity contribution in [1.29, 1.82) is 5.41 Å². The van der Waals surface area contributed by atoms with Gasteiger partial charge in [0.25, 0.3) is 0 Å². The number of nitrogens with zero attached hydrogens (tertiary/aromatic N) is 1. The first-order chi connectivity index (χ1) is 12.7. The smallest absolute Gasteiger partial charge is 0.414 e. The molecule has 3 N–H and O–H groups in total. The highest BCUT2D eigenvalue weighted by Gasteiger charge is 2.26. The first kappa shape index (κ1) is 21.9. The molecular weight excluding hydrogens is 354 g/mol. The number of likely N-dealkylation sites (N-methyl/N-ethyl adjacent to an activating group) is 1. The monoisotopic (exact) mass is 379 g/mol. The van der Waals surface area contributed by atoms with Crippen molar-refractivity contribution < 1.29 is 29.0 Å². The Morgan fingerprint density at radius 2 is 1.74 bits per heavy atom. The Hall–Kier alpha value is -3.10. The second kappa shape index (κ2) is 10.8. The minimum Gasteiger partial charge on any atom is -0.480 e. The minimum atomic E-state index is -1.12. The molecule has 1 aromatic carbocycles. The molecule has 0 aliphatic heterocycles. The number of alkyl carbamates (subject to hydrolysis) is 1. The summed E-state index contributed by atoms with van der Waals surface area (Å²) in [7, 11) is 1.40. The fourth-order valence-corrected chi connectivity index (χ4v) is 2.05. The van der Waals surface area contributed by atoms with E-state index in [9.17, 15) is 19.5 Å². The van der Waals surface area contributed by atoms with Crippen LogP contribution >= 0.6 is 0 Å². The molecular formula is C18H25N3O6. The van der Waals surface area contributed by atoms with E-state index in [0.717, 1.165) is 10.5 Å². The predicted molar refractivity (Wildman–Crippen MR) is 97.3 cm³/mol. The number of aliphatic carboxylic acids is 1. The van der Waals surface area contributed by atoms with E-state index in [0.29, 0.717) is 0 Å². The molecule has 1 rings (SSSR count). The molecule has 0 saturated heterocycles. The van der Waals surface area contributed by atoms with Gasteiger partial charge in [-0.05, 0) is 5.56 Å². The van der Waals surface area contributed by atoms with E-state index in [1.807, 2.05) is 6.07 Å². The fraction of sp³-hybridized carbons (Fsp3) is 0.444. The number of carboxylic acid groups (broad SMARTS) is 1. The second-order valence-electron chi connectivity index (χ2n) is 6.09. The molecule has 9 nitrogen and oxygen atoms in total. The summed E-state index contributed by atoms with van der Waals surface area (Å²) in [6, 6.07) is 7.94. The molecule has 1 atom stereocenters. The van der Waals surface area contributed by atoms with E-state index >= 15 is 0 Å². The van der Waals surface area contributed by atoms with Crippen molar-refractivity contribution in [2.45, 2.75) is 26.3 Å². The number of carbonyl (C=O) groups excluding carboxylic acids is 2. The second-order valence-corrected chi connectivity index (χ2v) is 6.09.